The van der Waals surface area contributed by atoms with E-state index in [2.05, 4.69) is 31.5 Å². The molecule has 4 aromatic rings. The summed E-state index contributed by atoms with van der Waals surface area (Å²) in [5, 5.41) is 5.67. The van der Waals surface area contributed by atoms with Crippen LogP contribution in [0.15, 0.2) is 74.2 Å². The quantitative estimate of drug-likeness (QED) is 0.436. The van der Waals surface area contributed by atoms with E-state index in [1.165, 1.54) is 6.26 Å². The van der Waals surface area contributed by atoms with Crippen molar-refractivity contribution in [3.63, 3.8) is 0 Å². The maximum atomic E-state index is 11.9. The van der Waals surface area contributed by atoms with Crippen molar-refractivity contribution in [2.75, 3.05) is 5.32 Å². The fourth-order valence-corrected chi connectivity index (χ4v) is 2.93. The van der Waals surface area contributed by atoms with E-state index in [0.717, 1.165) is 10.0 Å². The van der Waals surface area contributed by atoms with Crippen molar-refractivity contribution in [1.29, 1.82) is 0 Å². The molecule has 0 bridgehead atoms. The SMILES string of the molecule is O=C(NC(=S)Nc1ccc2oc(-c3ccc(Br)cc3)nc2c1)c1ccco1. The van der Waals surface area contributed by atoms with Crippen molar-refractivity contribution >= 4 is 56.0 Å². The van der Waals surface area contributed by atoms with Gasteiger partial charge in [-0.15, -0.1) is 0 Å². The minimum atomic E-state index is -0.419. The Balaban J connectivity index is 1.50. The number of carbonyl (C=O) groups excluding carboxylic acids is 1. The number of anilines is 1. The Morgan fingerprint density at radius 3 is 2.67 bits per heavy atom. The maximum absolute atomic E-state index is 11.9. The lowest BCUT2D eigenvalue weighted by molar-refractivity contribution is 0.0950. The molecule has 0 fully saturated rings. The molecule has 27 heavy (non-hydrogen) atoms. The van der Waals surface area contributed by atoms with Crippen molar-refractivity contribution < 1.29 is 13.6 Å². The van der Waals surface area contributed by atoms with E-state index in [0.29, 0.717) is 22.7 Å². The smallest absolute Gasteiger partial charge is 0.293 e. The molecule has 0 spiro atoms. The van der Waals surface area contributed by atoms with Crippen LogP contribution in [0.1, 0.15) is 10.6 Å². The van der Waals surface area contributed by atoms with Crippen molar-refractivity contribution in [3.8, 4) is 11.5 Å². The molecule has 2 aromatic carbocycles. The molecule has 2 N–H and O–H groups in total. The van der Waals surface area contributed by atoms with Crippen molar-refractivity contribution in [2.24, 2.45) is 0 Å². The zero-order chi connectivity index (χ0) is 18.8. The number of rotatable bonds is 3. The predicted octanol–water partition coefficient (Wildman–Crippen LogP) is 4.98. The predicted molar refractivity (Wildman–Crippen MR) is 110 cm³/mol. The van der Waals surface area contributed by atoms with Gasteiger partial charge >= 0.3 is 0 Å². The number of fused-ring (bicyclic) bond motifs is 1. The van der Waals surface area contributed by atoms with Crippen LogP contribution in [0.5, 0.6) is 0 Å². The van der Waals surface area contributed by atoms with Gasteiger partial charge in [0.25, 0.3) is 5.91 Å². The molecule has 0 unspecified atom stereocenters. The number of oxazole rings is 1. The van der Waals surface area contributed by atoms with E-state index in [9.17, 15) is 4.79 Å². The number of hydrogen-bond donors (Lipinski definition) is 2. The molecule has 1 amide bonds. The first kappa shape index (κ1) is 17.4. The summed E-state index contributed by atoms with van der Waals surface area (Å²) in [4.78, 5) is 16.5. The monoisotopic (exact) mass is 441 g/mol. The van der Waals surface area contributed by atoms with Crippen LogP contribution < -0.4 is 10.6 Å². The molecule has 2 aromatic heterocycles. The van der Waals surface area contributed by atoms with E-state index >= 15 is 0 Å². The van der Waals surface area contributed by atoms with Gasteiger partial charge in [-0.2, -0.15) is 0 Å². The normalized spacial score (nSPS) is 10.7. The van der Waals surface area contributed by atoms with Crippen LogP contribution in [0.3, 0.4) is 0 Å². The zero-order valence-corrected chi connectivity index (χ0v) is 16.1. The highest BCUT2D eigenvalue weighted by Crippen LogP contribution is 2.27. The van der Waals surface area contributed by atoms with Gasteiger partial charge in [-0.25, -0.2) is 4.98 Å². The second-order valence-corrected chi connectivity index (χ2v) is 6.92. The molecular formula is C19H12BrN3O3S. The molecule has 0 saturated carbocycles. The van der Waals surface area contributed by atoms with Gasteiger partial charge in [0.1, 0.15) is 5.52 Å². The van der Waals surface area contributed by atoms with Gasteiger partial charge in [0.15, 0.2) is 16.5 Å². The van der Waals surface area contributed by atoms with Gasteiger partial charge in [-0.3, -0.25) is 10.1 Å². The van der Waals surface area contributed by atoms with Crippen LogP contribution in [0.4, 0.5) is 5.69 Å². The third kappa shape index (κ3) is 3.91. The maximum Gasteiger partial charge on any atom is 0.293 e. The van der Waals surface area contributed by atoms with Crippen LogP contribution in [0.25, 0.3) is 22.6 Å². The van der Waals surface area contributed by atoms with Gasteiger partial charge in [0, 0.05) is 15.7 Å². The largest absolute Gasteiger partial charge is 0.459 e. The van der Waals surface area contributed by atoms with E-state index in [-0.39, 0.29) is 10.9 Å². The molecule has 0 radical (unpaired) electrons. The molecule has 134 valence electrons. The van der Waals surface area contributed by atoms with E-state index in [1.54, 1.807) is 30.3 Å². The number of carbonyl (C=O) groups is 1. The Hall–Kier alpha value is -2.97. The number of hydrogen-bond acceptors (Lipinski definition) is 5. The van der Waals surface area contributed by atoms with E-state index < -0.39 is 5.91 Å². The number of thiocarbonyl (C=S) groups is 1. The third-order valence-electron chi connectivity index (χ3n) is 3.71. The van der Waals surface area contributed by atoms with Crippen molar-refractivity contribution in [1.82, 2.24) is 10.3 Å². The highest BCUT2D eigenvalue weighted by atomic mass is 79.9. The van der Waals surface area contributed by atoms with Crippen LogP contribution in [0, 0.1) is 0 Å². The summed E-state index contributed by atoms with van der Waals surface area (Å²) in [5.74, 6) is 0.297. The lowest BCUT2D eigenvalue weighted by Crippen LogP contribution is -2.33. The Morgan fingerprint density at radius 1 is 1.11 bits per heavy atom. The fraction of sp³-hybridized carbons (Fsp3) is 0. The summed E-state index contributed by atoms with van der Waals surface area (Å²) in [6.07, 6.45) is 1.42. The van der Waals surface area contributed by atoms with Crippen molar-refractivity contribution in [2.45, 2.75) is 0 Å². The molecule has 2 heterocycles. The van der Waals surface area contributed by atoms with Crippen LogP contribution in [0.2, 0.25) is 0 Å². The fourth-order valence-electron chi connectivity index (χ4n) is 2.46. The van der Waals surface area contributed by atoms with Gasteiger partial charge in [0.2, 0.25) is 5.89 Å². The average Bonchev–Trinajstić information content (AvgIpc) is 3.31. The summed E-state index contributed by atoms with van der Waals surface area (Å²) in [6, 6.07) is 16.3. The van der Waals surface area contributed by atoms with Crippen LogP contribution in [-0.4, -0.2) is 16.0 Å². The number of nitrogens with one attached hydrogen (secondary N) is 2. The van der Waals surface area contributed by atoms with Gasteiger partial charge in [-0.1, -0.05) is 15.9 Å². The number of benzene rings is 2. The van der Waals surface area contributed by atoms with Gasteiger partial charge in [-0.05, 0) is 66.8 Å². The van der Waals surface area contributed by atoms with Crippen molar-refractivity contribution in [3.05, 3.63) is 71.1 Å². The van der Waals surface area contributed by atoms with Crippen LogP contribution in [-0.2, 0) is 0 Å². The molecule has 0 aliphatic heterocycles. The number of aromatic nitrogens is 1. The molecule has 0 aliphatic rings. The first-order chi connectivity index (χ1) is 13.1. The molecule has 4 rings (SSSR count). The lowest BCUT2D eigenvalue weighted by atomic mass is 10.2. The number of nitrogens with zero attached hydrogens (tertiary/aromatic N) is 1. The molecular weight excluding hydrogens is 430 g/mol. The number of halogens is 1. The van der Waals surface area contributed by atoms with Gasteiger partial charge < -0.3 is 14.2 Å². The highest BCUT2D eigenvalue weighted by molar-refractivity contribution is 9.10. The van der Waals surface area contributed by atoms with Crippen LogP contribution >= 0.6 is 28.1 Å². The minimum absolute atomic E-state index is 0.160. The number of furan rings is 1. The highest BCUT2D eigenvalue weighted by Gasteiger charge is 2.12. The third-order valence-corrected chi connectivity index (χ3v) is 4.44. The zero-order valence-electron chi connectivity index (χ0n) is 13.7. The summed E-state index contributed by atoms with van der Waals surface area (Å²) in [6.45, 7) is 0. The Bertz CT molecular complexity index is 1120. The lowest BCUT2D eigenvalue weighted by Gasteiger charge is -2.08. The molecule has 0 atom stereocenters. The Kier molecular flexibility index (Phi) is 4.74. The average molecular weight is 442 g/mol. The molecule has 6 nitrogen and oxygen atoms in total. The summed E-state index contributed by atoms with van der Waals surface area (Å²) in [7, 11) is 0. The summed E-state index contributed by atoms with van der Waals surface area (Å²) >= 11 is 8.58. The topological polar surface area (TPSA) is 80.3 Å². The first-order valence-corrected chi connectivity index (χ1v) is 9.11. The second-order valence-electron chi connectivity index (χ2n) is 5.59. The number of amides is 1. The molecule has 8 heteroatoms. The summed E-state index contributed by atoms with van der Waals surface area (Å²) < 4.78 is 11.8. The van der Waals surface area contributed by atoms with Gasteiger partial charge in [0.05, 0.1) is 6.26 Å². The minimum Gasteiger partial charge on any atom is -0.459 e. The first-order valence-electron chi connectivity index (χ1n) is 7.91. The molecule has 0 saturated heterocycles. The van der Waals surface area contributed by atoms with E-state index in [1.807, 2.05) is 24.3 Å². The Labute approximate surface area is 167 Å². The Morgan fingerprint density at radius 2 is 1.93 bits per heavy atom. The second kappa shape index (κ2) is 7.34. The summed E-state index contributed by atoms with van der Waals surface area (Å²) in [5.41, 5.74) is 2.90. The van der Waals surface area contributed by atoms with E-state index in [4.69, 9.17) is 21.1 Å². The molecule has 0 aliphatic carbocycles. The standard InChI is InChI=1S/C19H12BrN3O3S/c20-12-5-3-11(4-6-12)18-22-14-10-13(7-8-15(14)26-18)21-19(27)23-17(24)16-2-1-9-25-16/h1-10H,(H2,21,23,24,27).